The van der Waals surface area contributed by atoms with Crippen LogP contribution in [-0.2, 0) is 24.4 Å². The van der Waals surface area contributed by atoms with E-state index in [1.165, 1.54) is 20.5 Å². The van der Waals surface area contributed by atoms with Gasteiger partial charge in [0.05, 0.1) is 12.1 Å². The number of nitrogens with one attached hydrogen (secondary N) is 1. The number of unbranched alkanes of at least 4 members (excludes halogenated alkanes) is 2. The van der Waals surface area contributed by atoms with Crippen molar-refractivity contribution in [3.8, 4) is 0 Å². The molecule has 36 heavy (non-hydrogen) atoms. The molecule has 1 amide bonds. The lowest BCUT2D eigenvalue weighted by Gasteiger charge is -2.12. The monoisotopic (exact) mass is 523 g/mol. The number of hydrogen-bond donors (Lipinski definition) is 1. The van der Waals surface area contributed by atoms with Crippen molar-refractivity contribution in [2.75, 3.05) is 0 Å². The molecule has 186 valence electrons. The van der Waals surface area contributed by atoms with Gasteiger partial charge in [0.15, 0.2) is 5.78 Å². The first-order valence-corrected chi connectivity index (χ1v) is 13.0. The molecular formula is C27H26ClN3O4S. The lowest BCUT2D eigenvalue weighted by molar-refractivity contribution is -0.121. The lowest BCUT2D eigenvalue weighted by atomic mass is 10.1. The molecule has 1 N–H and O–H groups in total. The quantitative estimate of drug-likeness (QED) is 0.229. The van der Waals surface area contributed by atoms with E-state index in [9.17, 15) is 19.2 Å². The summed E-state index contributed by atoms with van der Waals surface area (Å²) in [4.78, 5) is 51.1. The minimum absolute atomic E-state index is 0.0751. The molecule has 0 spiro atoms. The SMILES string of the molecule is O=C(CCCCCn1c(=O)c2sccc2n(CC(=O)c2ccccc2)c1=O)NCc1ccccc1Cl. The van der Waals surface area contributed by atoms with Crippen LogP contribution in [0.5, 0.6) is 0 Å². The van der Waals surface area contributed by atoms with Gasteiger partial charge in [0, 0.05) is 30.1 Å². The first-order chi connectivity index (χ1) is 17.5. The van der Waals surface area contributed by atoms with Gasteiger partial charge in [-0.1, -0.05) is 66.6 Å². The Morgan fingerprint density at radius 2 is 1.64 bits per heavy atom. The number of hydrogen-bond acceptors (Lipinski definition) is 5. The number of nitrogens with zero attached hydrogens (tertiary/aromatic N) is 2. The third-order valence-electron chi connectivity index (χ3n) is 5.95. The van der Waals surface area contributed by atoms with E-state index in [0.717, 1.165) is 5.56 Å². The molecule has 2 aromatic heterocycles. The van der Waals surface area contributed by atoms with Gasteiger partial charge in [-0.25, -0.2) is 4.79 Å². The zero-order chi connectivity index (χ0) is 25.5. The Bertz CT molecular complexity index is 1490. The summed E-state index contributed by atoms with van der Waals surface area (Å²) in [5.41, 5.74) is 1.01. The van der Waals surface area contributed by atoms with Crippen molar-refractivity contribution in [2.24, 2.45) is 0 Å². The topological polar surface area (TPSA) is 90.2 Å². The molecule has 7 nitrogen and oxygen atoms in total. The highest BCUT2D eigenvalue weighted by Crippen LogP contribution is 2.17. The van der Waals surface area contributed by atoms with Crippen LogP contribution in [0.2, 0.25) is 5.02 Å². The van der Waals surface area contributed by atoms with Crippen molar-refractivity contribution >= 4 is 44.8 Å². The molecule has 0 saturated carbocycles. The second-order valence-corrected chi connectivity index (χ2v) is 9.75. The minimum Gasteiger partial charge on any atom is -0.352 e. The summed E-state index contributed by atoms with van der Waals surface area (Å²) in [7, 11) is 0. The second kappa shape index (κ2) is 12.0. The van der Waals surface area contributed by atoms with E-state index in [4.69, 9.17) is 11.6 Å². The Hall–Kier alpha value is -3.49. The molecule has 0 aliphatic carbocycles. The summed E-state index contributed by atoms with van der Waals surface area (Å²) in [5.74, 6) is -0.271. The highest BCUT2D eigenvalue weighted by Gasteiger charge is 2.17. The van der Waals surface area contributed by atoms with Gasteiger partial charge in [-0.05, 0) is 35.9 Å². The predicted molar refractivity (Wildman–Crippen MR) is 143 cm³/mol. The van der Waals surface area contributed by atoms with E-state index in [2.05, 4.69) is 5.32 Å². The zero-order valence-corrected chi connectivity index (χ0v) is 21.2. The Balaban J connectivity index is 1.36. The fourth-order valence-electron chi connectivity index (χ4n) is 4.00. The summed E-state index contributed by atoms with van der Waals surface area (Å²) >= 11 is 7.37. The number of amides is 1. The van der Waals surface area contributed by atoms with E-state index in [-0.39, 0.29) is 30.3 Å². The molecular weight excluding hydrogens is 498 g/mol. The van der Waals surface area contributed by atoms with Crippen molar-refractivity contribution in [3.05, 3.63) is 103 Å². The van der Waals surface area contributed by atoms with E-state index >= 15 is 0 Å². The molecule has 0 bridgehead atoms. The molecule has 0 aliphatic rings. The molecule has 0 unspecified atom stereocenters. The summed E-state index contributed by atoms with van der Waals surface area (Å²) in [5, 5.41) is 5.22. The van der Waals surface area contributed by atoms with Crippen molar-refractivity contribution < 1.29 is 9.59 Å². The maximum atomic E-state index is 13.2. The minimum atomic E-state index is -0.493. The molecule has 0 atom stereocenters. The van der Waals surface area contributed by atoms with E-state index in [1.54, 1.807) is 41.8 Å². The summed E-state index contributed by atoms with van der Waals surface area (Å²) in [6.07, 6.45) is 2.22. The Labute approximate surface area is 217 Å². The van der Waals surface area contributed by atoms with E-state index < -0.39 is 5.69 Å². The summed E-state index contributed by atoms with van der Waals surface area (Å²) in [6.45, 7) is 0.463. The number of rotatable bonds is 11. The van der Waals surface area contributed by atoms with Crippen molar-refractivity contribution in [1.82, 2.24) is 14.5 Å². The van der Waals surface area contributed by atoms with Crippen molar-refractivity contribution in [2.45, 2.75) is 45.3 Å². The van der Waals surface area contributed by atoms with E-state index in [0.29, 0.717) is 53.0 Å². The second-order valence-electron chi connectivity index (χ2n) is 8.43. The van der Waals surface area contributed by atoms with Gasteiger partial charge in [-0.3, -0.25) is 23.5 Å². The Kier molecular flexibility index (Phi) is 8.51. The zero-order valence-electron chi connectivity index (χ0n) is 19.6. The van der Waals surface area contributed by atoms with Gasteiger partial charge in [-0.15, -0.1) is 11.3 Å². The molecule has 4 aromatic rings. The van der Waals surface area contributed by atoms with Crippen LogP contribution < -0.4 is 16.6 Å². The number of halogens is 1. The maximum Gasteiger partial charge on any atom is 0.331 e. The molecule has 4 rings (SSSR count). The molecule has 0 saturated heterocycles. The fourth-order valence-corrected chi connectivity index (χ4v) is 5.04. The normalized spacial score (nSPS) is 11.0. The van der Waals surface area contributed by atoms with E-state index in [1.807, 2.05) is 24.3 Å². The first-order valence-electron chi connectivity index (χ1n) is 11.7. The van der Waals surface area contributed by atoms with Crippen molar-refractivity contribution in [3.63, 3.8) is 0 Å². The first kappa shape index (κ1) is 25.6. The number of ketones is 1. The van der Waals surface area contributed by atoms with Crippen LogP contribution in [0.1, 0.15) is 41.6 Å². The smallest absolute Gasteiger partial charge is 0.331 e. The van der Waals surface area contributed by atoms with Crippen molar-refractivity contribution in [1.29, 1.82) is 0 Å². The van der Waals surface area contributed by atoms with Gasteiger partial charge >= 0.3 is 5.69 Å². The number of carbonyl (C=O) groups excluding carboxylic acids is 2. The number of fused-ring (bicyclic) bond motifs is 1. The Morgan fingerprint density at radius 1 is 0.889 bits per heavy atom. The lowest BCUT2D eigenvalue weighted by Crippen LogP contribution is -2.40. The average molecular weight is 524 g/mol. The van der Waals surface area contributed by atoms with Gasteiger partial charge < -0.3 is 5.32 Å². The van der Waals surface area contributed by atoms with Gasteiger partial charge in [-0.2, -0.15) is 0 Å². The highest BCUT2D eigenvalue weighted by atomic mass is 35.5. The number of benzene rings is 2. The Morgan fingerprint density at radius 3 is 2.42 bits per heavy atom. The van der Waals surface area contributed by atoms with Gasteiger partial charge in [0.25, 0.3) is 5.56 Å². The molecule has 2 aromatic carbocycles. The number of Topliss-reactive ketones (excluding diaryl/α,β-unsaturated/α-hetero) is 1. The van der Waals surface area contributed by atoms with Crippen LogP contribution >= 0.6 is 22.9 Å². The van der Waals surface area contributed by atoms with Gasteiger partial charge in [0.2, 0.25) is 5.91 Å². The number of carbonyl (C=O) groups is 2. The van der Waals surface area contributed by atoms with Crippen LogP contribution in [0, 0.1) is 0 Å². The third kappa shape index (κ3) is 6.01. The molecule has 0 radical (unpaired) electrons. The maximum absolute atomic E-state index is 13.2. The molecule has 2 heterocycles. The van der Waals surface area contributed by atoms with Crippen LogP contribution in [0.15, 0.2) is 75.6 Å². The molecule has 0 aliphatic heterocycles. The summed E-state index contributed by atoms with van der Waals surface area (Å²) < 4.78 is 3.04. The van der Waals surface area contributed by atoms with Crippen LogP contribution in [0.3, 0.4) is 0 Å². The number of thiophene rings is 1. The van der Waals surface area contributed by atoms with Crippen LogP contribution in [0.25, 0.3) is 10.2 Å². The summed E-state index contributed by atoms with van der Waals surface area (Å²) in [6, 6.07) is 17.8. The number of aromatic nitrogens is 2. The molecule has 0 fully saturated rings. The highest BCUT2D eigenvalue weighted by molar-refractivity contribution is 7.17. The largest absolute Gasteiger partial charge is 0.352 e. The average Bonchev–Trinajstić information content (AvgIpc) is 3.38. The predicted octanol–water partition coefficient (Wildman–Crippen LogP) is 4.64. The third-order valence-corrected chi connectivity index (χ3v) is 7.21. The van der Waals surface area contributed by atoms with Crippen LogP contribution in [0.4, 0.5) is 0 Å². The fraction of sp³-hybridized carbons (Fsp3) is 0.259. The van der Waals surface area contributed by atoms with Gasteiger partial charge in [0.1, 0.15) is 4.70 Å². The standard InChI is InChI=1S/C27H26ClN3O4S/c28-21-12-7-6-11-20(21)17-29-24(33)13-5-2-8-15-30-26(34)25-22(14-16-36-25)31(27(30)35)18-23(32)19-9-3-1-4-10-19/h1,3-4,6-7,9-12,14,16H,2,5,8,13,15,17-18H2,(H,29,33). The van der Waals surface area contributed by atoms with Crippen LogP contribution in [-0.4, -0.2) is 20.8 Å². The molecule has 9 heteroatoms.